The fourth-order valence-corrected chi connectivity index (χ4v) is 1.61. The molecule has 1 aromatic rings. The second-order valence-electron chi connectivity index (χ2n) is 3.33. The minimum Gasteiger partial charge on any atom is -0.313 e. The normalized spacial score (nSPS) is 18.1. The Morgan fingerprint density at radius 3 is 2.67 bits per heavy atom. The maximum absolute atomic E-state index is 6.27. The summed E-state index contributed by atoms with van der Waals surface area (Å²) in [5.41, 5.74) is 0.998. The lowest BCUT2D eigenvalue weighted by Gasteiger charge is -2.08. The maximum Gasteiger partial charge on any atom is 0.268 e. The van der Waals surface area contributed by atoms with Crippen LogP contribution in [0.2, 0.25) is 0 Å². The molecule has 0 spiro atoms. The van der Waals surface area contributed by atoms with Crippen molar-refractivity contribution in [2.75, 3.05) is 7.05 Å². The van der Waals surface area contributed by atoms with Gasteiger partial charge < -0.3 is 4.58 Å². The standard InChI is InChI=1S/C12H12ClN2/c1-14-7-5-6-11(10-14)12(13)15-8-3-2-4-9-15/h2-10H,1H3/q+1/b12-11-. The lowest BCUT2D eigenvalue weighted by molar-refractivity contribution is -0.574. The van der Waals surface area contributed by atoms with Gasteiger partial charge in [0.05, 0.1) is 12.8 Å². The summed E-state index contributed by atoms with van der Waals surface area (Å²) < 4.78 is 3.86. The van der Waals surface area contributed by atoms with Crippen LogP contribution in [-0.4, -0.2) is 17.8 Å². The topological polar surface area (TPSA) is 6.89 Å². The Hall–Kier alpha value is -1.54. The monoisotopic (exact) mass is 219 g/mol. The van der Waals surface area contributed by atoms with E-state index in [9.17, 15) is 0 Å². The van der Waals surface area contributed by atoms with E-state index < -0.39 is 0 Å². The first-order valence-electron chi connectivity index (χ1n) is 4.72. The summed E-state index contributed by atoms with van der Waals surface area (Å²) in [6.07, 6.45) is 9.80. The third-order valence-electron chi connectivity index (χ3n) is 2.12. The molecule has 2 nitrogen and oxygen atoms in total. The van der Waals surface area contributed by atoms with E-state index in [0.29, 0.717) is 5.16 Å². The molecule has 0 fully saturated rings. The Bertz CT molecular complexity index is 444. The van der Waals surface area contributed by atoms with Crippen LogP contribution in [0.4, 0.5) is 0 Å². The second-order valence-corrected chi connectivity index (χ2v) is 3.69. The van der Waals surface area contributed by atoms with Crippen LogP contribution in [0, 0.1) is 6.54 Å². The molecule has 0 N–H and O–H groups in total. The Morgan fingerprint density at radius 2 is 2.00 bits per heavy atom. The van der Waals surface area contributed by atoms with Crippen molar-refractivity contribution in [1.29, 1.82) is 0 Å². The fourth-order valence-electron chi connectivity index (χ4n) is 1.39. The average molecular weight is 220 g/mol. The zero-order valence-corrected chi connectivity index (χ0v) is 9.22. The summed E-state index contributed by atoms with van der Waals surface area (Å²) in [6.45, 7) is 1.98. The zero-order valence-electron chi connectivity index (χ0n) is 8.47. The van der Waals surface area contributed by atoms with E-state index in [2.05, 4.69) is 0 Å². The molecule has 1 aliphatic heterocycles. The van der Waals surface area contributed by atoms with Gasteiger partial charge in [0.1, 0.15) is 7.05 Å². The van der Waals surface area contributed by atoms with E-state index in [-0.39, 0.29) is 0 Å². The van der Waals surface area contributed by atoms with Crippen LogP contribution in [0.3, 0.4) is 0 Å². The van der Waals surface area contributed by atoms with Crippen LogP contribution in [0.25, 0.3) is 5.16 Å². The molecule has 15 heavy (non-hydrogen) atoms. The van der Waals surface area contributed by atoms with Crippen molar-refractivity contribution in [3.8, 4) is 0 Å². The molecule has 1 aromatic heterocycles. The number of pyridine rings is 1. The molecular weight excluding hydrogens is 208 g/mol. The Labute approximate surface area is 94.4 Å². The van der Waals surface area contributed by atoms with Crippen molar-refractivity contribution >= 4 is 23.0 Å². The predicted octanol–water partition coefficient (Wildman–Crippen LogP) is 1.83. The number of likely N-dealkylation sites (N-methyl/N-ethyl adjacent to an activating group) is 1. The molecule has 0 aliphatic carbocycles. The van der Waals surface area contributed by atoms with Crippen LogP contribution in [0.15, 0.2) is 48.3 Å². The molecular formula is C12H12ClN2+. The first kappa shape index (κ1) is 9.99. The van der Waals surface area contributed by atoms with Gasteiger partial charge in [0.25, 0.3) is 5.16 Å². The average Bonchev–Trinajstić information content (AvgIpc) is 2.29. The largest absolute Gasteiger partial charge is 0.313 e. The number of hydrogen-bond acceptors (Lipinski definition) is 0. The second kappa shape index (κ2) is 4.32. The summed E-state index contributed by atoms with van der Waals surface area (Å²) in [4.78, 5) is 0. The van der Waals surface area contributed by atoms with Gasteiger partial charge in [-0.3, -0.25) is 0 Å². The van der Waals surface area contributed by atoms with Gasteiger partial charge in [-0.2, -0.15) is 4.57 Å². The van der Waals surface area contributed by atoms with Crippen molar-refractivity contribution in [2.45, 2.75) is 0 Å². The quantitative estimate of drug-likeness (QED) is 0.503. The molecule has 0 amide bonds. The molecule has 0 atom stereocenters. The minimum atomic E-state index is 0.701. The molecule has 3 heteroatoms. The van der Waals surface area contributed by atoms with Crippen LogP contribution in [0.1, 0.15) is 0 Å². The van der Waals surface area contributed by atoms with Crippen LogP contribution in [-0.2, 0) is 0 Å². The van der Waals surface area contributed by atoms with E-state index in [1.807, 2.05) is 71.7 Å². The van der Waals surface area contributed by atoms with E-state index in [4.69, 9.17) is 11.6 Å². The van der Waals surface area contributed by atoms with Gasteiger partial charge in [0.2, 0.25) is 0 Å². The van der Waals surface area contributed by atoms with Gasteiger partial charge in [-0.05, 0) is 11.6 Å². The highest BCUT2D eigenvalue weighted by Gasteiger charge is 2.10. The SMILES string of the molecule is C[N+]1=C/C(=C(/Cl)[n+]2ccccc2)C=C[CH-]1. The highest BCUT2D eigenvalue weighted by atomic mass is 35.5. The maximum atomic E-state index is 6.27. The van der Waals surface area contributed by atoms with Gasteiger partial charge in [-0.25, -0.2) is 0 Å². The van der Waals surface area contributed by atoms with Crippen LogP contribution < -0.4 is 4.57 Å². The van der Waals surface area contributed by atoms with Crippen molar-refractivity contribution in [2.24, 2.45) is 0 Å². The van der Waals surface area contributed by atoms with Crippen LogP contribution >= 0.6 is 11.6 Å². The van der Waals surface area contributed by atoms with Crippen molar-refractivity contribution < 1.29 is 9.14 Å². The van der Waals surface area contributed by atoms with E-state index in [1.54, 1.807) is 0 Å². The van der Waals surface area contributed by atoms with Gasteiger partial charge >= 0.3 is 0 Å². The minimum absolute atomic E-state index is 0.701. The summed E-state index contributed by atoms with van der Waals surface area (Å²) in [5.74, 6) is 0. The summed E-state index contributed by atoms with van der Waals surface area (Å²) in [6, 6.07) is 5.86. The third-order valence-corrected chi connectivity index (χ3v) is 2.53. The lowest BCUT2D eigenvalue weighted by Crippen LogP contribution is -2.30. The Balaban J connectivity index is 2.42. The van der Waals surface area contributed by atoms with E-state index in [0.717, 1.165) is 5.57 Å². The molecule has 2 heterocycles. The van der Waals surface area contributed by atoms with Crippen LogP contribution in [0.5, 0.6) is 0 Å². The number of aromatic nitrogens is 1. The number of rotatable bonds is 1. The van der Waals surface area contributed by atoms with Gasteiger partial charge in [0.15, 0.2) is 12.4 Å². The van der Waals surface area contributed by atoms with Gasteiger partial charge in [0, 0.05) is 17.7 Å². The van der Waals surface area contributed by atoms with Crippen molar-refractivity contribution in [3.05, 3.63) is 54.9 Å². The zero-order chi connectivity index (χ0) is 10.7. The smallest absolute Gasteiger partial charge is 0.268 e. The van der Waals surface area contributed by atoms with Gasteiger partial charge in [-0.15, -0.1) is 12.2 Å². The van der Waals surface area contributed by atoms with E-state index >= 15 is 0 Å². The van der Waals surface area contributed by atoms with Crippen molar-refractivity contribution in [1.82, 2.24) is 0 Å². The highest BCUT2D eigenvalue weighted by Crippen LogP contribution is 2.11. The molecule has 0 radical (unpaired) electrons. The number of hydrogen-bond donors (Lipinski definition) is 0. The molecule has 76 valence electrons. The molecule has 1 aliphatic rings. The van der Waals surface area contributed by atoms with Gasteiger partial charge in [-0.1, -0.05) is 6.07 Å². The molecule has 0 bridgehead atoms. The summed E-state index contributed by atoms with van der Waals surface area (Å²) >= 11 is 6.27. The Kier molecular flexibility index (Phi) is 2.88. The fraction of sp³-hybridized carbons (Fsp3) is 0.0833. The number of nitrogens with zero attached hydrogens (tertiary/aromatic N) is 2. The molecule has 0 aromatic carbocycles. The third kappa shape index (κ3) is 2.28. The first-order valence-corrected chi connectivity index (χ1v) is 5.10. The summed E-state index contributed by atoms with van der Waals surface area (Å²) in [7, 11) is 1.98. The highest BCUT2D eigenvalue weighted by molar-refractivity contribution is 6.44. The summed E-state index contributed by atoms with van der Waals surface area (Å²) in [5, 5.41) is 0.701. The van der Waals surface area contributed by atoms with Crippen molar-refractivity contribution in [3.63, 3.8) is 0 Å². The number of halogens is 1. The lowest BCUT2D eigenvalue weighted by atomic mass is 10.2. The molecule has 0 saturated heterocycles. The van der Waals surface area contributed by atoms with E-state index in [1.165, 1.54) is 0 Å². The molecule has 0 unspecified atom stereocenters. The predicted molar refractivity (Wildman–Crippen MR) is 61.4 cm³/mol. The molecule has 0 saturated carbocycles. The Morgan fingerprint density at radius 1 is 1.27 bits per heavy atom. The first-order chi connectivity index (χ1) is 7.27. The molecule has 2 rings (SSSR count). The number of allylic oxidation sites excluding steroid dienone is 2.